The highest BCUT2D eigenvalue weighted by Crippen LogP contribution is 2.36. The van der Waals surface area contributed by atoms with Crippen molar-refractivity contribution < 1.29 is 14.0 Å². The monoisotopic (exact) mass is 426 g/mol. The number of hydrogen-bond acceptors (Lipinski definition) is 3. The van der Waals surface area contributed by atoms with E-state index in [2.05, 4.69) is 33.9 Å². The lowest BCUT2D eigenvalue weighted by Gasteiger charge is -2.36. The van der Waals surface area contributed by atoms with Crippen LogP contribution < -0.4 is 0 Å². The van der Waals surface area contributed by atoms with Crippen molar-refractivity contribution in [3.05, 3.63) is 71.3 Å². The molecule has 0 radical (unpaired) electrons. The van der Waals surface area contributed by atoms with Crippen molar-refractivity contribution in [1.29, 1.82) is 0 Å². The molecule has 0 amide bonds. The normalized spacial score (nSPS) is 12.2. The third-order valence-electron chi connectivity index (χ3n) is 5.95. The number of unbranched alkanes of at least 4 members (excludes halogenated alkanes) is 3. The third-order valence-corrected chi connectivity index (χ3v) is 10.5. The minimum atomic E-state index is -1.61. The second-order valence-corrected chi connectivity index (χ2v) is 14.3. The van der Waals surface area contributed by atoms with Crippen LogP contribution in [0, 0.1) is 0 Å². The van der Waals surface area contributed by atoms with E-state index >= 15 is 0 Å². The van der Waals surface area contributed by atoms with E-state index in [1.165, 1.54) is 6.42 Å². The molecule has 0 aliphatic carbocycles. The number of ketones is 1. The molecule has 0 atom stereocenters. The summed E-state index contributed by atoms with van der Waals surface area (Å²) in [6, 6.07) is 17.1. The molecule has 4 heteroatoms. The van der Waals surface area contributed by atoms with Gasteiger partial charge in [-0.3, -0.25) is 4.79 Å². The van der Waals surface area contributed by atoms with Gasteiger partial charge < -0.3 is 9.16 Å². The van der Waals surface area contributed by atoms with Crippen LogP contribution in [0.1, 0.15) is 67.9 Å². The van der Waals surface area contributed by atoms with Crippen LogP contribution in [0.25, 0.3) is 0 Å². The summed E-state index contributed by atoms with van der Waals surface area (Å²) in [7, 11) is -1.61. The SMILES string of the molecule is CC(C)(C)[Si](C)(C)OCCCCCCOCc1cccc(C(=O)c2ccccc2)c1. The van der Waals surface area contributed by atoms with Gasteiger partial charge in [-0.2, -0.15) is 0 Å². The van der Waals surface area contributed by atoms with Gasteiger partial charge in [0.25, 0.3) is 0 Å². The van der Waals surface area contributed by atoms with Crippen molar-refractivity contribution >= 4 is 14.1 Å². The molecule has 0 aromatic heterocycles. The molecule has 0 heterocycles. The molecule has 164 valence electrons. The molecule has 0 saturated heterocycles. The molecule has 2 aromatic carbocycles. The Hall–Kier alpha value is -1.75. The first-order valence-electron chi connectivity index (χ1n) is 11.1. The average Bonchev–Trinajstić information content (AvgIpc) is 2.72. The minimum absolute atomic E-state index is 0.0531. The Morgan fingerprint density at radius 1 is 0.833 bits per heavy atom. The Balaban J connectivity index is 1.62. The molecule has 0 bridgehead atoms. The lowest BCUT2D eigenvalue weighted by Crippen LogP contribution is -2.40. The summed E-state index contributed by atoms with van der Waals surface area (Å²) in [5.41, 5.74) is 2.47. The molecule has 0 fully saturated rings. The molecule has 0 spiro atoms. The molecule has 2 rings (SSSR count). The highest BCUT2D eigenvalue weighted by molar-refractivity contribution is 6.74. The van der Waals surface area contributed by atoms with E-state index in [9.17, 15) is 4.79 Å². The molecule has 2 aromatic rings. The van der Waals surface area contributed by atoms with E-state index in [-0.39, 0.29) is 10.8 Å². The lowest BCUT2D eigenvalue weighted by molar-refractivity contribution is 0.103. The Morgan fingerprint density at radius 2 is 1.47 bits per heavy atom. The van der Waals surface area contributed by atoms with Crippen LogP contribution in [0.2, 0.25) is 18.1 Å². The Kier molecular flexibility index (Phi) is 9.47. The first-order chi connectivity index (χ1) is 14.2. The van der Waals surface area contributed by atoms with E-state index < -0.39 is 8.32 Å². The van der Waals surface area contributed by atoms with E-state index in [1.54, 1.807) is 0 Å². The van der Waals surface area contributed by atoms with E-state index in [1.807, 2.05) is 54.6 Å². The highest BCUT2D eigenvalue weighted by Gasteiger charge is 2.36. The van der Waals surface area contributed by atoms with Crippen molar-refractivity contribution in [1.82, 2.24) is 0 Å². The van der Waals surface area contributed by atoms with Crippen LogP contribution in [0.3, 0.4) is 0 Å². The number of hydrogen-bond donors (Lipinski definition) is 0. The summed E-state index contributed by atoms with van der Waals surface area (Å²) >= 11 is 0. The number of ether oxygens (including phenoxy) is 1. The predicted octanol–water partition coefficient (Wildman–Crippen LogP) is 7.02. The summed E-state index contributed by atoms with van der Waals surface area (Å²) in [5, 5.41) is 0.282. The smallest absolute Gasteiger partial charge is 0.193 e. The van der Waals surface area contributed by atoms with Crippen molar-refractivity contribution in [3.8, 4) is 0 Å². The maximum absolute atomic E-state index is 12.6. The Morgan fingerprint density at radius 3 is 2.13 bits per heavy atom. The van der Waals surface area contributed by atoms with Crippen LogP contribution in [-0.2, 0) is 15.8 Å². The van der Waals surface area contributed by atoms with Crippen LogP contribution in [0.5, 0.6) is 0 Å². The van der Waals surface area contributed by atoms with Gasteiger partial charge in [0, 0.05) is 24.3 Å². The van der Waals surface area contributed by atoms with E-state index in [0.29, 0.717) is 17.7 Å². The van der Waals surface area contributed by atoms with E-state index in [0.717, 1.165) is 38.0 Å². The zero-order valence-electron chi connectivity index (χ0n) is 19.4. The van der Waals surface area contributed by atoms with Crippen molar-refractivity contribution in [2.45, 2.75) is 71.2 Å². The Labute approximate surface area is 183 Å². The van der Waals surface area contributed by atoms with Gasteiger partial charge in [-0.1, -0.05) is 82.1 Å². The number of carbonyl (C=O) groups excluding carboxylic acids is 1. The molecular formula is C26H38O3Si. The fraction of sp³-hybridized carbons (Fsp3) is 0.500. The molecule has 3 nitrogen and oxygen atoms in total. The summed E-state index contributed by atoms with van der Waals surface area (Å²) in [4.78, 5) is 12.6. The average molecular weight is 427 g/mol. The van der Waals surface area contributed by atoms with Crippen LogP contribution in [-0.4, -0.2) is 27.3 Å². The third kappa shape index (κ3) is 7.82. The van der Waals surface area contributed by atoms with Gasteiger partial charge in [-0.25, -0.2) is 0 Å². The summed E-state index contributed by atoms with van der Waals surface area (Å²) < 4.78 is 12.1. The van der Waals surface area contributed by atoms with Gasteiger partial charge >= 0.3 is 0 Å². The van der Waals surface area contributed by atoms with Crippen molar-refractivity contribution in [3.63, 3.8) is 0 Å². The molecule has 0 N–H and O–H groups in total. The van der Waals surface area contributed by atoms with Crippen molar-refractivity contribution in [2.24, 2.45) is 0 Å². The molecule has 0 aliphatic rings. The largest absolute Gasteiger partial charge is 0.417 e. The summed E-state index contributed by atoms with van der Waals surface area (Å²) in [6.45, 7) is 13.6. The predicted molar refractivity (Wildman–Crippen MR) is 128 cm³/mol. The molecule has 30 heavy (non-hydrogen) atoms. The van der Waals surface area contributed by atoms with Crippen LogP contribution >= 0.6 is 0 Å². The lowest BCUT2D eigenvalue weighted by atomic mass is 10.0. The first kappa shape index (κ1) is 24.5. The van der Waals surface area contributed by atoms with Gasteiger partial charge in [0.2, 0.25) is 0 Å². The number of benzene rings is 2. The van der Waals surface area contributed by atoms with Gasteiger partial charge in [0.15, 0.2) is 14.1 Å². The van der Waals surface area contributed by atoms with Gasteiger partial charge in [0.1, 0.15) is 0 Å². The molecule has 0 aliphatic heterocycles. The number of rotatable bonds is 12. The maximum atomic E-state index is 12.6. The zero-order valence-corrected chi connectivity index (χ0v) is 20.4. The Bertz CT molecular complexity index is 778. The second-order valence-electron chi connectivity index (χ2n) is 9.47. The van der Waals surface area contributed by atoms with Gasteiger partial charge in [-0.05, 0) is 42.6 Å². The molecular weight excluding hydrogens is 388 g/mol. The summed E-state index contributed by atoms with van der Waals surface area (Å²) in [5.74, 6) is 0.0531. The summed E-state index contributed by atoms with van der Waals surface area (Å²) in [6.07, 6.45) is 4.52. The fourth-order valence-electron chi connectivity index (χ4n) is 2.95. The molecule has 0 saturated carbocycles. The van der Waals surface area contributed by atoms with Crippen LogP contribution in [0.15, 0.2) is 54.6 Å². The zero-order chi connectivity index (χ0) is 22.0. The second kappa shape index (κ2) is 11.6. The maximum Gasteiger partial charge on any atom is 0.193 e. The standard InChI is InChI=1S/C26H38O3Si/c1-26(2,3)30(4,5)29-19-12-7-6-11-18-28-21-22-14-13-17-24(20-22)25(27)23-15-9-8-10-16-23/h8-10,13-17,20H,6-7,11-12,18-19,21H2,1-5H3. The van der Waals surface area contributed by atoms with Crippen molar-refractivity contribution in [2.75, 3.05) is 13.2 Å². The van der Waals surface area contributed by atoms with Crippen LogP contribution in [0.4, 0.5) is 0 Å². The topological polar surface area (TPSA) is 35.5 Å². The van der Waals surface area contributed by atoms with Gasteiger partial charge in [-0.15, -0.1) is 0 Å². The fourth-order valence-corrected chi connectivity index (χ4v) is 4.04. The first-order valence-corrected chi connectivity index (χ1v) is 14.0. The molecule has 0 unspecified atom stereocenters. The number of carbonyl (C=O) groups is 1. The van der Waals surface area contributed by atoms with E-state index in [4.69, 9.17) is 9.16 Å². The minimum Gasteiger partial charge on any atom is -0.417 e. The quantitative estimate of drug-likeness (QED) is 0.208. The highest BCUT2D eigenvalue weighted by atomic mass is 28.4. The van der Waals surface area contributed by atoms with Gasteiger partial charge in [0.05, 0.1) is 6.61 Å².